The number of morpholine rings is 1. The lowest BCUT2D eigenvalue weighted by Gasteiger charge is -2.33. The summed E-state index contributed by atoms with van der Waals surface area (Å²) in [5.41, 5.74) is 0.621. The Labute approximate surface area is 174 Å². The molecule has 29 heavy (non-hydrogen) atoms. The van der Waals surface area contributed by atoms with Crippen LogP contribution in [0.4, 0.5) is 8.78 Å². The van der Waals surface area contributed by atoms with Gasteiger partial charge in [0.1, 0.15) is 11.6 Å². The molecule has 158 valence electrons. The van der Waals surface area contributed by atoms with Crippen molar-refractivity contribution < 1.29 is 13.5 Å². The predicted octanol–water partition coefficient (Wildman–Crippen LogP) is 3.20. The number of aliphatic imine (C=N–C) groups is 1. The van der Waals surface area contributed by atoms with Gasteiger partial charge in [0, 0.05) is 37.1 Å². The molecule has 1 atom stereocenters. The van der Waals surface area contributed by atoms with Crippen LogP contribution in [-0.4, -0.2) is 56.8 Å². The first-order valence-electron chi connectivity index (χ1n) is 9.98. The summed E-state index contributed by atoms with van der Waals surface area (Å²) in [6, 6.07) is 8.04. The van der Waals surface area contributed by atoms with Crippen molar-refractivity contribution in [2.24, 2.45) is 4.99 Å². The van der Waals surface area contributed by atoms with E-state index in [1.54, 1.807) is 11.3 Å². The van der Waals surface area contributed by atoms with Gasteiger partial charge in [0.25, 0.3) is 0 Å². The van der Waals surface area contributed by atoms with E-state index in [0.29, 0.717) is 31.0 Å². The molecule has 0 radical (unpaired) electrons. The molecule has 1 fully saturated rings. The van der Waals surface area contributed by atoms with E-state index in [2.05, 4.69) is 33.0 Å². The molecule has 2 aromatic rings. The van der Waals surface area contributed by atoms with Gasteiger partial charge in [-0.1, -0.05) is 6.07 Å². The van der Waals surface area contributed by atoms with Gasteiger partial charge in [0.2, 0.25) is 0 Å². The summed E-state index contributed by atoms with van der Waals surface area (Å²) >= 11 is 1.74. The van der Waals surface area contributed by atoms with Crippen LogP contribution >= 0.6 is 11.3 Å². The van der Waals surface area contributed by atoms with Gasteiger partial charge in [0.15, 0.2) is 5.96 Å². The van der Waals surface area contributed by atoms with Crippen LogP contribution in [0.15, 0.2) is 40.7 Å². The second-order valence-electron chi connectivity index (χ2n) is 6.85. The number of guanidine groups is 1. The van der Waals surface area contributed by atoms with Crippen molar-refractivity contribution in [1.82, 2.24) is 15.5 Å². The van der Waals surface area contributed by atoms with Crippen molar-refractivity contribution in [3.8, 4) is 0 Å². The number of ether oxygens (including phenoxy) is 1. The zero-order chi connectivity index (χ0) is 20.5. The molecule has 0 amide bonds. The van der Waals surface area contributed by atoms with Crippen molar-refractivity contribution in [1.29, 1.82) is 0 Å². The van der Waals surface area contributed by atoms with E-state index >= 15 is 0 Å². The molecule has 1 saturated heterocycles. The molecule has 1 aromatic heterocycles. The Balaban J connectivity index is 1.61. The molecule has 0 bridgehead atoms. The average molecular weight is 423 g/mol. The Morgan fingerprint density at radius 1 is 1.21 bits per heavy atom. The van der Waals surface area contributed by atoms with Crippen LogP contribution in [0.3, 0.4) is 0 Å². The molecular formula is C21H28F2N4OS. The van der Waals surface area contributed by atoms with Crippen molar-refractivity contribution >= 4 is 17.3 Å². The summed E-state index contributed by atoms with van der Waals surface area (Å²) in [6.07, 6.45) is 0.511. The van der Waals surface area contributed by atoms with Crippen LogP contribution in [0.5, 0.6) is 0 Å². The monoisotopic (exact) mass is 422 g/mol. The van der Waals surface area contributed by atoms with Crippen LogP contribution in [0.25, 0.3) is 0 Å². The van der Waals surface area contributed by atoms with Gasteiger partial charge >= 0.3 is 0 Å². The molecule has 2 heterocycles. The molecule has 0 aliphatic carbocycles. The van der Waals surface area contributed by atoms with Gasteiger partial charge < -0.3 is 15.4 Å². The van der Waals surface area contributed by atoms with E-state index < -0.39 is 11.6 Å². The molecule has 2 N–H and O–H groups in total. The number of nitrogens with zero attached hydrogens (tertiary/aromatic N) is 2. The van der Waals surface area contributed by atoms with Crippen molar-refractivity contribution in [3.63, 3.8) is 0 Å². The second kappa shape index (κ2) is 11.2. The van der Waals surface area contributed by atoms with Crippen molar-refractivity contribution in [3.05, 3.63) is 57.8 Å². The first kappa shape index (κ1) is 21.7. The average Bonchev–Trinajstić information content (AvgIpc) is 3.23. The Kier molecular flexibility index (Phi) is 8.39. The lowest BCUT2D eigenvalue weighted by atomic mass is 10.1. The standard InChI is InChI=1S/C21H28F2N4OS/c1-2-24-21(25-6-5-16-12-17(22)14-18(23)13-16)26-15-19(20-4-3-11-29-20)27-7-9-28-10-8-27/h3-4,11-14,19H,2,5-10,15H2,1H3,(H2,24,25,26). The SMILES string of the molecule is CCNC(=NCC(c1cccs1)N1CCOCC1)NCCc1cc(F)cc(F)c1. The van der Waals surface area contributed by atoms with E-state index in [4.69, 9.17) is 9.73 Å². The first-order chi connectivity index (χ1) is 14.2. The third-order valence-electron chi connectivity index (χ3n) is 4.75. The highest BCUT2D eigenvalue weighted by molar-refractivity contribution is 7.10. The van der Waals surface area contributed by atoms with Crippen LogP contribution in [0.1, 0.15) is 23.4 Å². The Morgan fingerprint density at radius 2 is 1.97 bits per heavy atom. The maximum atomic E-state index is 13.3. The van der Waals surface area contributed by atoms with Gasteiger partial charge in [0.05, 0.1) is 25.8 Å². The summed E-state index contributed by atoms with van der Waals surface area (Å²) in [5.74, 6) is -0.395. The highest BCUT2D eigenvalue weighted by atomic mass is 32.1. The van der Waals surface area contributed by atoms with Crippen LogP contribution in [-0.2, 0) is 11.2 Å². The van der Waals surface area contributed by atoms with Gasteiger partial charge in [-0.15, -0.1) is 11.3 Å². The molecule has 1 aliphatic heterocycles. The quantitative estimate of drug-likeness (QED) is 0.507. The molecule has 0 saturated carbocycles. The highest BCUT2D eigenvalue weighted by Crippen LogP contribution is 2.26. The summed E-state index contributed by atoms with van der Waals surface area (Å²) in [4.78, 5) is 8.49. The Hall–Kier alpha value is -2.03. The minimum absolute atomic E-state index is 0.215. The first-order valence-corrected chi connectivity index (χ1v) is 10.9. The molecule has 1 aliphatic rings. The van der Waals surface area contributed by atoms with Gasteiger partial charge in [-0.05, 0) is 42.5 Å². The number of halogens is 2. The van der Waals surface area contributed by atoms with Crippen molar-refractivity contribution in [2.75, 3.05) is 45.9 Å². The van der Waals surface area contributed by atoms with E-state index in [0.717, 1.165) is 38.9 Å². The third-order valence-corrected chi connectivity index (χ3v) is 5.73. The van der Waals surface area contributed by atoms with Crippen LogP contribution in [0.2, 0.25) is 0 Å². The lowest BCUT2D eigenvalue weighted by Crippen LogP contribution is -2.42. The number of rotatable bonds is 8. The fourth-order valence-electron chi connectivity index (χ4n) is 3.36. The van der Waals surface area contributed by atoms with E-state index in [9.17, 15) is 8.78 Å². The zero-order valence-electron chi connectivity index (χ0n) is 16.7. The van der Waals surface area contributed by atoms with Gasteiger partial charge in [-0.25, -0.2) is 8.78 Å². The molecule has 1 aromatic carbocycles. The molecule has 5 nitrogen and oxygen atoms in total. The van der Waals surface area contributed by atoms with E-state index in [1.807, 2.05) is 6.92 Å². The third kappa shape index (κ3) is 6.76. The number of nitrogens with one attached hydrogen (secondary N) is 2. The number of hydrogen-bond acceptors (Lipinski definition) is 4. The topological polar surface area (TPSA) is 48.9 Å². The van der Waals surface area contributed by atoms with Crippen LogP contribution < -0.4 is 10.6 Å². The fraction of sp³-hybridized carbons (Fsp3) is 0.476. The summed E-state index contributed by atoms with van der Waals surface area (Å²) < 4.78 is 32.2. The van der Waals surface area contributed by atoms with Crippen LogP contribution in [0, 0.1) is 11.6 Å². The van der Waals surface area contributed by atoms with Gasteiger partial charge in [-0.2, -0.15) is 0 Å². The Morgan fingerprint density at radius 3 is 2.62 bits per heavy atom. The zero-order valence-corrected chi connectivity index (χ0v) is 17.5. The molecule has 8 heteroatoms. The summed E-state index contributed by atoms with van der Waals surface area (Å²) in [6.45, 7) is 7.20. The molecule has 3 rings (SSSR count). The normalized spacial score (nSPS) is 16.6. The maximum absolute atomic E-state index is 13.3. The molecular weight excluding hydrogens is 394 g/mol. The smallest absolute Gasteiger partial charge is 0.191 e. The second-order valence-corrected chi connectivity index (χ2v) is 7.83. The molecule has 1 unspecified atom stereocenters. The molecule has 0 spiro atoms. The lowest BCUT2D eigenvalue weighted by molar-refractivity contribution is 0.0186. The largest absolute Gasteiger partial charge is 0.379 e. The minimum atomic E-state index is -0.551. The Bertz CT molecular complexity index is 759. The number of thiophene rings is 1. The maximum Gasteiger partial charge on any atom is 0.191 e. The van der Waals surface area contributed by atoms with Crippen molar-refractivity contribution in [2.45, 2.75) is 19.4 Å². The minimum Gasteiger partial charge on any atom is -0.379 e. The highest BCUT2D eigenvalue weighted by Gasteiger charge is 2.23. The van der Waals surface area contributed by atoms with E-state index in [-0.39, 0.29) is 6.04 Å². The fourth-order valence-corrected chi connectivity index (χ4v) is 4.21. The van der Waals surface area contributed by atoms with E-state index in [1.165, 1.54) is 17.0 Å². The summed E-state index contributed by atoms with van der Waals surface area (Å²) in [5, 5.41) is 8.60. The van der Waals surface area contributed by atoms with Gasteiger partial charge in [-0.3, -0.25) is 9.89 Å². The predicted molar refractivity (Wildman–Crippen MR) is 113 cm³/mol. The summed E-state index contributed by atoms with van der Waals surface area (Å²) in [7, 11) is 0. The number of benzene rings is 1. The number of hydrogen-bond donors (Lipinski definition) is 2.